The van der Waals surface area contributed by atoms with E-state index in [4.69, 9.17) is 4.74 Å². The minimum absolute atomic E-state index is 0.170. The molecule has 0 bridgehead atoms. The highest BCUT2D eigenvalue weighted by atomic mass is 32.2. The third-order valence-electron chi connectivity index (χ3n) is 2.94. The van der Waals surface area contributed by atoms with E-state index in [1.165, 1.54) is 4.31 Å². The number of hydrogen-bond acceptors (Lipinski definition) is 4. The summed E-state index contributed by atoms with van der Waals surface area (Å²) in [6.45, 7) is 4.96. The minimum atomic E-state index is -3.23. The molecule has 6 nitrogen and oxygen atoms in total. The third-order valence-corrected chi connectivity index (χ3v) is 5.01. The summed E-state index contributed by atoms with van der Waals surface area (Å²) in [5.74, 6) is 0.829. The molecule has 0 radical (unpaired) electrons. The molecular weight excluding hydrogens is 254 g/mol. The van der Waals surface area contributed by atoms with Gasteiger partial charge in [0.05, 0.1) is 19.0 Å². The number of nitrogens with one attached hydrogen (secondary N) is 1. The van der Waals surface area contributed by atoms with Crippen LogP contribution in [0.5, 0.6) is 0 Å². The summed E-state index contributed by atoms with van der Waals surface area (Å²) in [7, 11) is -3.23. The zero-order chi connectivity index (χ0) is 13.2. The van der Waals surface area contributed by atoms with Crippen molar-refractivity contribution >= 4 is 10.0 Å². The molecule has 7 heteroatoms. The number of nitrogens with zero attached hydrogens (tertiary/aromatic N) is 2. The normalized spacial score (nSPS) is 22.2. The first-order valence-corrected chi connectivity index (χ1v) is 7.74. The summed E-state index contributed by atoms with van der Waals surface area (Å²) in [5, 5.41) is 0. The Morgan fingerprint density at radius 3 is 3.00 bits per heavy atom. The van der Waals surface area contributed by atoms with Crippen molar-refractivity contribution in [1.29, 1.82) is 0 Å². The number of H-pyrrole nitrogens is 1. The van der Waals surface area contributed by atoms with Crippen LogP contribution >= 0.6 is 0 Å². The van der Waals surface area contributed by atoms with E-state index in [1.54, 1.807) is 6.20 Å². The second kappa shape index (κ2) is 5.38. The summed E-state index contributed by atoms with van der Waals surface area (Å²) in [4.78, 5) is 7.31. The number of rotatable bonds is 4. The van der Waals surface area contributed by atoms with Crippen molar-refractivity contribution in [3.63, 3.8) is 0 Å². The van der Waals surface area contributed by atoms with E-state index in [0.29, 0.717) is 32.0 Å². The maximum absolute atomic E-state index is 12.2. The van der Waals surface area contributed by atoms with Gasteiger partial charge in [0.25, 0.3) is 0 Å². The molecule has 1 atom stereocenters. The van der Waals surface area contributed by atoms with Gasteiger partial charge >= 0.3 is 0 Å². The van der Waals surface area contributed by atoms with E-state index in [1.807, 2.05) is 13.8 Å². The molecule has 1 aromatic rings. The Hall–Kier alpha value is -0.920. The molecule has 0 saturated carbocycles. The molecule has 0 aliphatic carbocycles. The van der Waals surface area contributed by atoms with Crippen LogP contribution in [0.2, 0.25) is 0 Å². The van der Waals surface area contributed by atoms with E-state index >= 15 is 0 Å². The SMILES string of the molecule is CCCS(=O)(=O)N1CCOC[C@H]1c1ncc(C)[nH]1. The van der Waals surface area contributed by atoms with E-state index in [9.17, 15) is 8.42 Å². The molecular formula is C11H19N3O3S. The highest BCUT2D eigenvalue weighted by Gasteiger charge is 2.34. The number of sulfonamides is 1. The Balaban J connectivity index is 2.26. The average Bonchev–Trinajstić information content (AvgIpc) is 2.76. The van der Waals surface area contributed by atoms with Crippen molar-refractivity contribution in [1.82, 2.24) is 14.3 Å². The van der Waals surface area contributed by atoms with Crippen LogP contribution in [0.4, 0.5) is 0 Å². The smallest absolute Gasteiger partial charge is 0.214 e. The first-order chi connectivity index (χ1) is 8.54. The Morgan fingerprint density at radius 2 is 2.39 bits per heavy atom. The number of morpholine rings is 1. The molecule has 102 valence electrons. The summed E-state index contributed by atoms with van der Waals surface area (Å²) in [5.41, 5.74) is 0.920. The molecule has 1 aliphatic rings. The van der Waals surface area contributed by atoms with Crippen LogP contribution in [0, 0.1) is 6.92 Å². The van der Waals surface area contributed by atoms with Gasteiger partial charge in [-0.15, -0.1) is 0 Å². The predicted octanol–water partition coefficient (Wildman–Crippen LogP) is 0.831. The fourth-order valence-corrected chi connectivity index (χ4v) is 3.77. The number of ether oxygens (including phenoxy) is 1. The molecule has 1 aromatic heterocycles. The van der Waals surface area contributed by atoms with Crippen molar-refractivity contribution in [3.8, 4) is 0 Å². The van der Waals surface area contributed by atoms with Crippen LogP contribution in [0.3, 0.4) is 0 Å². The number of imidazole rings is 1. The lowest BCUT2D eigenvalue weighted by Gasteiger charge is -2.33. The number of aryl methyl sites for hydroxylation is 1. The fourth-order valence-electron chi connectivity index (χ4n) is 2.11. The second-order valence-corrected chi connectivity index (χ2v) is 6.51. The lowest BCUT2D eigenvalue weighted by molar-refractivity contribution is 0.0292. The first kappa shape index (κ1) is 13.5. The molecule has 0 spiro atoms. The summed E-state index contributed by atoms with van der Waals surface area (Å²) in [6.07, 6.45) is 2.32. The van der Waals surface area contributed by atoms with Crippen molar-refractivity contribution in [2.75, 3.05) is 25.5 Å². The van der Waals surface area contributed by atoms with Crippen molar-refractivity contribution in [2.45, 2.75) is 26.3 Å². The van der Waals surface area contributed by atoms with Gasteiger partial charge in [0.2, 0.25) is 10.0 Å². The zero-order valence-corrected chi connectivity index (χ0v) is 11.5. The summed E-state index contributed by atoms with van der Waals surface area (Å²) < 4.78 is 31.3. The van der Waals surface area contributed by atoms with Crippen LogP contribution < -0.4 is 0 Å². The third kappa shape index (κ3) is 2.73. The molecule has 18 heavy (non-hydrogen) atoms. The summed E-state index contributed by atoms with van der Waals surface area (Å²) in [6, 6.07) is -0.330. The van der Waals surface area contributed by atoms with Crippen molar-refractivity contribution in [3.05, 3.63) is 17.7 Å². The maximum Gasteiger partial charge on any atom is 0.214 e. The van der Waals surface area contributed by atoms with Crippen LogP contribution in [-0.4, -0.2) is 48.2 Å². The Kier molecular flexibility index (Phi) is 4.04. The number of aromatic amines is 1. The predicted molar refractivity (Wildman–Crippen MR) is 67.7 cm³/mol. The molecule has 2 rings (SSSR count). The van der Waals surface area contributed by atoms with Gasteiger partial charge in [-0.2, -0.15) is 4.31 Å². The van der Waals surface area contributed by atoms with Gasteiger partial charge in [0, 0.05) is 18.4 Å². The highest BCUT2D eigenvalue weighted by molar-refractivity contribution is 7.89. The lowest BCUT2D eigenvalue weighted by atomic mass is 10.2. The average molecular weight is 273 g/mol. The van der Waals surface area contributed by atoms with Crippen LogP contribution in [0.15, 0.2) is 6.20 Å². The minimum Gasteiger partial charge on any atom is -0.378 e. The fraction of sp³-hybridized carbons (Fsp3) is 0.727. The van der Waals surface area contributed by atoms with E-state index in [0.717, 1.165) is 5.69 Å². The number of aromatic nitrogens is 2. The van der Waals surface area contributed by atoms with Crippen molar-refractivity contribution in [2.24, 2.45) is 0 Å². The Bertz CT molecular complexity index is 497. The van der Waals surface area contributed by atoms with Gasteiger partial charge in [-0.25, -0.2) is 13.4 Å². The van der Waals surface area contributed by atoms with Crippen LogP contribution in [0.1, 0.15) is 30.9 Å². The van der Waals surface area contributed by atoms with Gasteiger partial charge in [-0.3, -0.25) is 0 Å². The van der Waals surface area contributed by atoms with E-state index < -0.39 is 10.0 Å². The van der Waals surface area contributed by atoms with Crippen LogP contribution in [-0.2, 0) is 14.8 Å². The standard InChI is InChI=1S/C11H19N3O3S/c1-3-6-18(15,16)14-4-5-17-8-10(14)11-12-7-9(2)13-11/h7,10H,3-6,8H2,1-2H3,(H,12,13)/t10-/m0/s1. The molecule has 2 heterocycles. The van der Waals surface area contributed by atoms with Crippen LogP contribution in [0.25, 0.3) is 0 Å². The first-order valence-electron chi connectivity index (χ1n) is 6.13. The molecule has 1 saturated heterocycles. The molecule has 0 unspecified atom stereocenters. The molecule has 1 aliphatic heterocycles. The topological polar surface area (TPSA) is 75.3 Å². The molecule has 1 N–H and O–H groups in total. The molecule has 0 aromatic carbocycles. The van der Waals surface area contributed by atoms with Gasteiger partial charge < -0.3 is 9.72 Å². The highest BCUT2D eigenvalue weighted by Crippen LogP contribution is 2.25. The van der Waals surface area contributed by atoms with Gasteiger partial charge in [0.15, 0.2) is 0 Å². The monoisotopic (exact) mass is 273 g/mol. The zero-order valence-electron chi connectivity index (χ0n) is 10.7. The largest absolute Gasteiger partial charge is 0.378 e. The summed E-state index contributed by atoms with van der Waals surface area (Å²) >= 11 is 0. The van der Waals surface area contributed by atoms with Crippen molar-refractivity contribution < 1.29 is 13.2 Å². The number of hydrogen-bond donors (Lipinski definition) is 1. The molecule has 1 fully saturated rings. The quantitative estimate of drug-likeness (QED) is 0.881. The maximum atomic E-state index is 12.2. The lowest BCUT2D eigenvalue weighted by Crippen LogP contribution is -2.44. The molecule has 0 amide bonds. The Morgan fingerprint density at radius 1 is 1.61 bits per heavy atom. The van der Waals surface area contributed by atoms with E-state index in [2.05, 4.69) is 9.97 Å². The van der Waals surface area contributed by atoms with E-state index in [-0.39, 0.29) is 11.8 Å². The van der Waals surface area contributed by atoms with Gasteiger partial charge in [-0.1, -0.05) is 6.92 Å². The van der Waals surface area contributed by atoms with Gasteiger partial charge in [0.1, 0.15) is 11.9 Å². The van der Waals surface area contributed by atoms with Gasteiger partial charge in [-0.05, 0) is 13.3 Å². The second-order valence-electron chi connectivity index (χ2n) is 4.47. The Labute approximate surface area is 107 Å².